The molecule has 6 nitrogen and oxygen atoms in total. The number of benzene rings is 3. The summed E-state index contributed by atoms with van der Waals surface area (Å²) in [4.78, 5) is 16.9. The summed E-state index contributed by atoms with van der Waals surface area (Å²) in [5.74, 6) is 2.70. The van der Waals surface area contributed by atoms with E-state index in [9.17, 15) is 4.79 Å². The lowest BCUT2D eigenvalue weighted by atomic mass is 10.2. The van der Waals surface area contributed by atoms with Gasteiger partial charge in [0.05, 0.1) is 17.6 Å². The number of hydrogen-bond acceptors (Lipinski definition) is 4. The Labute approximate surface area is 219 Å². The third kappa shape index (κ3) is 8.38. The van der Waals surface area contributed by atoms with Crippen LogP contribution in [0.3, 0.4) is 0 Å². The molecule has 1 amide bonds. The first-order valence-corrected chi connectivity index (χ1v) is 13.3. The lowest BCUT2D eigenvalue weighted by molar-refractivity contribution is -0.123. The van der Waals surface area contributed by atoms with Gasteiger partial charge in [0.25, 0.3) is 5.91 Å². The number of imidazole rings is 1. The first kappa shape index (κ1) is 26.3. The van der Waals surface area contributed by atoms with Crippen molar-refractivity contribution in [3.8, 4) is 11.5 Å². The van der Waals surface area contributed by atoms with E-state index in [4.69, 9.17) is 14.5 Å². The van der Waals surface area contributed by atoms with Crippen LogP contribution in [0.25, 0.3) is 11.0 Å². The number of unbranched alkanes of at least 4 members (excludes halogenated alkanes) is 3. The molecule has 0 spiro atoms. The van der Waals surface area contributed by atoms with Crippen LogP contribution in [0.2, 0.25) is 0 Å². The molecule has 0 radical (unpaired) electrons. The fourth-order valence-electron chi connectivity index (χ4n) is 4.36. The van der Waals surface area contributed by atoms with Crippen LogP contribution < -0.4 is 14.8 Å². The van der Waals surface area contributed by atoms with E-state index in [0.717, 1.165) is 62.2 Å². The largest absolute Gasteiger partial charge is 0.494 e. The number of hydrogen-bond donors (Lipinski definition) is 1. The van der Waals surface area contributed by atoms with E-state index in [1.165, 1.54) is 11.1 Å². The first-order valence-electron chi connectivity index (χ1n) is 13.3. The maximum Gasteiger partial charge on any atom is 0.257 e. The van der Waals surface area contributed by atoms with Crippen LogP contribution in [-0.2, 0) is 17.8 Å². The molecule has 1 heterocycles. The Hall–Kier alpha value is -3.80. The molecule has 3 aromatic carbocycles. The van der Waals surface area contributed by atoms with E-state index in [-0.39, 0.29) is 12.5 Å². The van der Waals surface area contributed by atoms with Gasteiger partial charge in [0.1, 0.15) is 17.3 Å². The second-order valence-electron chi connectivity index (χ2n) is 9.30. The molecule has 0 bridgehead atoms. The van der Waals surface area contributed by atoms with Crippen LogP contribution in [-0.4, -0.2) is 35.2 Å². The summed E-state index contributed by atoms with van der Waals surface area (Å²) in [6.07, 6.45) is 5.97. The number of nitrogens with one attached hydrogen (secondary N) is 1. The highest BCUT2D eigenvalue weighted by molar-refractivity contribution is 5.77. The second-order valence-corrected chi connectivity index (χ2v) is 9.30. The van der Waals surface area contributed by atoms with E-state index in [0.29, 0.717) is 18.9 Å². The van der Waals surface area contributed by atoms with E-state index < -0.39 is 0 Å². The Kier molecular flexibility index (Phi) is 9.99. The molecule has 6 heteroatoms. The van der Waals surface area contributed by atoms with Crippen LogP contribution in [0.1, 0.15) is 43.5 Å². The number of aromatic nitrogens is 2. The Bertz CT molecular complexity index is 1250. The summed E-state index contributed by atoms with van der Waals surface area (Å²) in [7, 11) is 0. The third-order valence-corrected chi connectivity index (χ3v) is 6.28. The molecule has 0 atom stereocenters. The van der Waals surface area contributed by atoms with Gasteiger partial charge in [0.15, 0.2) is 6.61 Å². The average molecular weight is 500 g/mol. The predicted molar refractivity (Wildman–Crippen MR) is 148 cm³/mol. The quantitative estimate of drug-likeness (QED) is 0.200. The van der Waals surface area contributed by atoms with Crippen molar-refractivity contribution in [2.75, 3.05) is 19.8 Å². The SMILES string of the molecule is Cc1cccc(OCCCCn2c(CCCCCNC(=O)COc3ccccc3)nc3ccccc32)c1. The van der Waals surface area contributed by atoms with Crippen molar-refractivity contribution >= 4 is 16.9 Å². The predicted octanol–water partition coefficient (Wildman–Crippen LogP) is 6.11. The molecule has 4 rings (SSSR count). The highest BCUT2D eigenvalue weighted by atomic mass is 16.5. The minimum atomic E-state index is -0.0861. The molecule has 1 aromatic heterocycles. The zero-order chi connectivity index (χ0) is 25.7. The highest BCUT2D eigenvalue weighted by Gasteiger charge is 2.10. The van der Waals surface area contributed by atoms with Crippen LogP contribution in [0.5, 0.6) is 11.5 Å². The Morgan fingerprint density at radius 1 is 0.838 bits per heavy atom. The minimum Gasteiger partial charge on any atom is -0.494 e. The summed E-state index contributed by atoms with van der Waals surface area (Å²) in [5.41, 5.74) is 3.47. The van der Waals surface area contributed by atoms with Crippen molar-refractivity contribution in [3.05, 3.63) is 90.3 Å². The van der Waals surface area contributed by atoms with Gasteiger partial charge in [-0.1, -0.05) is 48.9 Å². The number of carbonyl (C=O) groups excluding carboxylic acids is 1. The van der Waals surface area contributed by atoms with Gasteiger partial charge in [-0.3, -0.25) is 4.79 Å². The molecule has 0 aliphatic rings. The summed E-state index contributed by atoms with van der Waals surface area (Å²) in [6, 6.07) is 26.0. The summed E-state index contributed by atoms with van der Waals surface area (Å²) < 4.78 is 13.8. The minimum absolute atomic E-state index is 0.0457. The standard InChI is InChI=1S/C31H37N3O3/c1-25-13-12-16-27(23-25)36-22-11-10-21-34-29-18-8-7-17-28(29)33-30(34)19-6-3-9-20-32-31(35)24-37-26-14-4-2-5-15-26/h2,4-5,7-8,12-18,23H,3,6,9-11,19-22,24H2,1H3,(H,32,35). The molecule has 0 saturated heterocycles. The van der Waals surface area contributed by atoms with Gasteiger partial charge in [0, 0.05) is 19.5 Å². The number of nitrogens with zero attached hydrogens (tertiary/aromatic N) is 2. The van der Waals surface area contributed by atoms with Crippen molar-refractivity contribution < 1.29 is 14.3 Å². The molecule has 0 saturated carbocycles. The molecule has 0 unspecified atom stereocenters. The highest BCUT2D eigenvalue weighted by Crippen LogP contribution is 2.19. The van der Waals surface area contributed by atoms with E-state index >= 15 is 0 Å². The van der Waals surface area contributed by atoms with Gasteiger partial charge in [-0.15, -0.1) is 0 Å². The molecule has 1 N–H and O–H groups in total. The number of carbonyl (C=O) groups is 1. The van der Waals surface area contributed by atoms with Gasteiger partial charge in [0.2, 0.25) is 0 Å². The van der Waals surface area contributed by atoms with Crippen LogP contribution in [0, 0.1) is 6.92 Å². The lowest BCUT2D eigenvalue weighted by Crippen LogP contribution is -2.29. The third-order valence-electron chi connectivity index (χ3n) is 6.28. The van der Waals surface area contributed by atoms with Gasteiger partial charge >= 0.3 is 0 Å². The van der Waals surface area contributed by atoms with Gasteiger partial charge in [-0.2, -0.15) is 0 Å². The zero-order valence-electron chi connectivity index (χ0n) is 21.7. The smallest absolute Gasteiger partial charge is 0.257 e. The average Bonchev–Trinajstić information content (AvgIpc) is 3.27. The Balaban J connectivity index is 1.17. The fourth-order valence-corrected chi connectivity index (χ4v) is 4.36. The number of rotatable bonds is 15. The topological polar surface area (TPSA) is 65.4 Å². The Morgan fingerprint density at radius 2 is 1.65 bits per heavy atom. The summed E-state index contributed by atoms with van der Waals surface area (Å²) in [5, 5.41) is 2.94. The van der Waals surface area contributed by atoms with Crippen LogP contribution in [0.4, 0.5) is 0 Å². The molecule has 0 aliphatic heterocycles. The van der Waals surface area contributed by atoms with Gasteiger partial charge in [-0.25, -0.2) is 4.98 Å². The monoisotopic (exact) mass is 499 g/mol. The van der Waals surface area contributed by atoms with Crippen molar-refractivity contribution in [2.24, 2.45) is 0 Å². The van der Waals surface area contributed by atoms with Crippen molar-refractivity contribution in [1.29, 1.82) is 0 Å². The summed E-state index contributed by atoms with van der Waals surface area (Å²) in [6.45, 7) is 4.44. The van der Waals surface area contributed by atoms with Gasteiger partial charge in [-0.05, 0) is 74.6 Å². The molecule has 4 aromatic rings. The number of ether oxygens (including phenoxy) is 2. The second kappa shape index (κ2) is 14.1. The molecular weight excluding hydrogens is 462 g/mol. The van der Waals surface area contributed by atoms with Crippen molar-refractivity contribution in [1.82, 2.24) is 14.9 Å². The van der Waals surface area contributed by atoms with Crippen molar-refractivity contribution in [2.45, 2.75) is 52.0 Å². The molecule has 37 heavy (non-hydrogen) atoms. The number of fused-ring (bicyclic) bond motifs is 1. The molecular formula is C31H37N3O3. The Morgan fingerprint density at radius 3 is 2.51 bits per heavy atom. The first-order chi connectivity index (χ1) is 18.2. The van der Waals surface area contributed by atoms with Crippen LogP contribution >= 0.6 is 0 Å². The molecule has 194 valence electrons. The van der Waals surface area contributed by atoms with Gasteiger partial charge < -0.3 is 19.4 Å². The number of para-hydroxylation sites is 3. The number of amides is 1. The van der Waals surface area contributed by atoms with E-state index in [1.54, 1.807) is 0 Å². The molecule has 0 fully saturated rings. The van der Waals surface area contributed by atoms with Crippen LogP contribution in [0.15, 0.2) is 78.9 Å². The molecule has 0 aliphatic carbocycles. The van der Waals surface area contributed by atoms with E-state index in [1.807, 2.05) is 48.5 Å². The van der Waals surface area contributed by atoms with E-state index in [2.05, 4.69) is 47.1 Å². The normalized spacial score (nSPS) is 10.9. The lowest BCUT2D eigenvalue weighted by Gasteiger charge is -2.11. The zero-order valence-corrected chi connectivity index (χ0v) is 21.7. The maximum absolute atomic E-state index is 12.0. The van der Waals surface area contributed by atoms with Crippen molar-refractivity contribution in [3.63, 3.8) is 0 Å². The maximum atomic E-state index is 12.0. The number of aryl methyl sites for hydroxylation is 3. The fraction of sp³-hybridized carbons (Fsp3) is 0.355. The summed E-state index contributed by atoms with van der Waals surface area (Å²) >= 11 is 0.